The van der Waals surface area contributed by atoms with E-state index < -0.39 is 25.0 Å². The highest BCUT2D eigenvalue weighted by molar-refractivity contribution is 6.75. The molecule has 0 radical (unpaired) electrons. The van der Waals surface area contributed by atoms with Crippen LogP contribution in [0.4, 0.5) is 0 Å². The van der Waals surface area contributed by atoms with Crippen LogP contribution in [0.3, 0.4) is 0 Å². The van der Waals surface area contributed by atoms with E-state index in [1.165, 1.54) is 11.1 Å². The van der Waals surface area contributed by atoms with E-state index in [2.05, 4.69) is 152 Å². The van der Waals surface area contributed by atoms with Crippen molar-refractivity contribution < 1.29 is 18.0 Å². The zero-order valence-electron chi connectivity index (χ0n) is 33.4. The van der Waals surface area contributed by atoms with Crippen LogP contribution in [0, 0.1) is 0 Å². The molecule has 0 aromatic heterocycles. The van der Waals surface area contributed by atoms with Gasteiger partial charge in [-0.2, -0.15) is 0 Å². The lowest BCUT2D eigenvalue weighted by atomic mass is 9.97. The van der Waals surface area contributed by atoms with Gasteiger partial charge in [0, 0.05) is 11.1 Å². The SMILES string of the molecule is C=C1/C=C/C/C(CO[Si](C)(C)C(C)(C)C)=C\[C@H](O[Si](C)(C)C(C)(C)C)c2cc(OC)c(cc2O[Si](C)(C)C(C)(C)C)C/C(C)=C\CC1. The summed E-state index contributed by atoms with van der Waals surface area (Å²) in [4.78, 5) is 0. The zero-order chi connectivity index (χ0) is 36.2. The first-order chi connectivity index (χ1) is 21.2. The van der Waals surface area contributed by atoms with Crippen molar-refractivity contribution in [2.24, 2.45) is 0 Å². The molecule has 7 heteroatoms. The Balaban J connectivity index is 2.98. The van der Waals surface area contributed by atoms with Crippen molar-refractivity contribution in [2.75, 3.05) is 13.7 Å². The molecule has 266 valence electrons. The lowest BCUT2D eigenvalue weighted by Gasteiger charge is -2.41. The van der Waals surface area contributed by atoms with Crippen molar-refractivity contribution in [1.82, 2.24) is 0 Å². The zero-order valence-corrected chi connectivity index (χ0v) is 36.4. The molecule has 2 aliphatic carbocycles. The first-order valence-electron chi connectivity index (χ1n) is 17.6. The summed E-state index contributed by atoms with van der Waals surface area (Å²) in [5.74, 6) is 1.80. The molecule has 0 aliphatic heterocycles. The van der Waals surface area contributed by atoms with Gasteiger partial charge in [0.05, 0.1) is 19.8 Å². The summed E-state index contributed by atoms with van der Waals surface area (Å²) >= 11 is 0. The van der Waals surface area contributed by atoms with E-state index in [0.717, 1.165) is 53.9 Å². The third-order valence-electron chi connectivity index (χ3n) is 11.1. The Bertz CT molecular complexity index is 1330. The summed E-state index contributed by atoms with van der Waals surface area (Å²) in [7, 11) is -4.67. The molecule has 0 saturated heterocycles. The molecule has 0 saturated carbocycles. The van der Waals surface area contributed by atoms with Gasteiger partial charge in [-0.15, -0.1) is 0 Å². The van der Waals surface area contributed by atoms with Crippen molar-refractivity contribution in [3.63, 3.8) is 0 Å². The highest BCUT2D eigenvalue weighted by Gasteiger charge is 2.43. The maximum absolute atomic E-state index is 7.38. The van der Waals surface area contributed by atoms with E-state index in [1.54, 1.807) is 7.11 Å². The second-order valence-electron chi connectivity index (χ2n) is 18.3. The van der Waals surface area contributed by atoms with E-state index >= 15 is 0 Å². The van der Waals surface area contributed by atoms with E-state index in [0.29, 0.717) is 6.61 Å². The Morgan fingerprint density at radius 3 is 1.91 bits per heavy atom. The molecular weight excluding hydrogens is 629 g/mol. The quantitative estimate of drug-likeness (QED) is 0.200. The normalized spacial score (nSPS) is 21.1. The van der Waals surface area contributed by atoms with Crippen LogP contribution >= 0.6 is 0 Å². The second-order valence-corrected chi connectivity index (χ2v) is 32.6. The number of ether oxygens (including phenoxy) is 1. The van der Waals surface area contributed by atoms with Crippen LogP contribution in [0.5, 0.6) is 11.5 Å². The maximum Gasteiger partial charge on any atom is 0.250 e. The maximum atomic E-state index is 7.38. The highest BCUT2D eigenvalue weighted by atomic mass is 28.4. The van der Waals surface area contributed by atoms with Gasteiger partial charge in [-0.3, -0.25) is 0 Å². The van der Waals surface area contributed by atoms with Crippen LogP contribution < -0.4 is 9.16 Å². The van der Waals surface area contributed by atoms with Crippen molar-refractivity contribution in [1.29, 1.82) is 0 Å². The van der Waals surface area contributed by atoms with E-state index in [4.69, 9.17) is 18.0 Å². The van der Waals surface area contributed by atoms with Gasteiger partial charge in [0.25, 0.3) is 0 Å². The minimum Gasteiger partial charge on any atom is -0.543 e. The number of hydrogen-bond donors (Lipinski definition) is 0. The van der Waals surface area contributed by atoms with Crippen LogP contribution in [0.2, 0.25) is 54.4 Å². The molecule has 0 amide bonds. The lowest BCUT2D eigenvalue weighted by molar-refractivity contribution is 0.222. The number of fused-ring (bicyclic) bond motifs is 10. The van der Waals surface area contributed by atoms with Gasteiger partial charge in [0.1, 0.15) is 11.5 Å². The van der Waals surface area contributed by atoms with Crippen LogP contribution in [-0.2, 0) is 15.3 Å². The molecule has 2 aliphatic rings. The van der Waals surface area contributed by atoms with Gasteiger partial charge in [-0.05, 0) is 105 Å². The third-order valence-corrected chi connectivity index (χ3v) is 24.4. The fourth-order valence-electron chi connectivity index (χ4n) is 4.58. The summed E-state index contributed by atoms with van der Waals surface area (Å²) < 4.78 is 27.6. The van der Waals surface area contributed by atoms with Crippen molar-refractivity contribution in [3.8, 4) is 11.5 Å². The molecule has 1 aromatic carbocycles. The number of benzene rings is 1. The summed E-state index contributed by atoms with van der Waals surface area (Å²) in [5, 5.41) is 0.183. The van der Waals surface area contributed by atoms with Crippen molar-refractivity contribution in [3.05, 3.63) is 70.9 Å². The predicted octanol–water partition coefficient (Wildman–Crippen LogP) is 12.9. The fourth-order valence-corrected chi connectivity index (χ4v) is 7.78. The smallest absolute Gasteiger partial charge is 0.250 e. The first kappa shape index (κ1) is 41.5. The molecule has 47 heavy (non-hydrogen) atoms. The third kappa shape index (κ3) is 11.4. The van der Waals surface area contributed by atoms with Gasteiger partial charge in [-0.1, -0.05) is 104 Å². The molecule has 3 rings (SSSR count). The van der Waals surface area contributed by atoms with Crippen molar-refractivity contribution >= 4 is 25.0 Å². The van der Waals surface area contributed by atoms with Crippen LogP contribution in [0.15, 0.2) is 59.7 Å². The van der Waals surface area contributed by atoms with Gasteiger partial charge in [-0.25, -0.2) is 0 Å². The van der Waals surface area contributed by atoms with Gasteiger partial charge in [0.2, 0.25) is 8.32 Å². The van der Waals surface area contributed by atoms with E-state index in [-0.39, 0.29) is 21.2 Å². The van der Waals surface area contributed by atoms with Crippen LogP contribution in [-0.4, -0.2) is 38.7 Å². The lowest BCUT2D eigenvalue weighted by Crippen LogP contribution is -2.44. The Morgan fingerprint density at radius 2 is 1.38 bits per heavy atom. The second kappa shape index (κ2) is 15.5. The number of rotatable bonds is 8. The molecule has 1 aromatic rings. The molecular formula is C40H70O4Si3. The molecule has 0 unspecified atom stereocenters. The molecule has 1 atom stereocenters. The molecule has 2 bridgehead atoms. The fraction of sp³-hybridized carbons (Fsp3) is 0.650. The number of methoxy groups -OCH3 is 1. The summed E-state index contributed by atoms with van der Waals surface area (Å²) in [6.07, 6.45) is 12.3. The predicted molar refractivity (Wildman–Crippen MR) is 213 cm³/mol. The molecule has 0 N–H and O–H groups in total. The summed E-state index contributed by atoms with van der Waals surface area (Å²) in [5.41, 5.74) is 5.85. The highest BCUT2D eigenvalue weighted by Crippen LogP contribution is 2.46. The Kier molecular flexibility index (Phi) is 13.7. The molecule has 4 nitrogen and oxygen atoms in total. The molecule has 0 spiro atoms. The van der Waals surface area contributed by atoms with E-state index in [1.807, 2.05) is 0 Å². The minimum atomic E-state index is -2.24. The van der Waals surface area contributed by atoms with Gasteiger partial charge in [0.15, 0.2) is 16.6 Å². The Morgan fingerprint density at radius 1 is 0.809 bits per heavy atom. The largest absolute Gasteiger partial charge is 0.543 e. The van der Waals surface area contributed by atoms with Gasteiger partial charge < -0.3 is 18.0 Å². The average Bonchev–Trinajstić information content (AvgIpc) is 2.88. The van der Waals surface area contributed by atoms with E-state index in [9.17, 15) is 0 Å². The Hall–Kier alpha value is -1.65. The average molecular weight is 699 g/mol. The number of allylic oxidation sites excluding steroid dienone is 5. The summed E-state index contributed by atoms with van der Waals surface area (Å²) in [6.45, 7) is 41.8. The number of hydrogen-bond acceptors (Lipinski definition) is 4. The molecule has 0 fully saturated rings. The van der Waals surface area contributed by atoms with Crippen molar-refractivity contribution in [2.45, 2.75) is 155 Å². The minimum absolute atomic E-state index is 0.0257. The van der Waals surface area contributed by atoms with Crippen LogP contribution in [0.25, 0.3) is 0 Å². The summed E-state index contributed by atoms with van der Waals surface area (Å²) in [6, 6.07) is 4.45. The first-order valence-corrected chi connectivity index (χ1v) is 26.3. The van der Waals surface area contributed by atoms with Crippen LogP contribution in [0.1, 0.15) is 106 Å². The van der Waals surface area contributed by atoms with Gasteiger partial charge >= 0.3 is 0 Å². The standard InChI is InChI=1S/C40H70O4Si3/c1-30-21-19-23-31(2)25-33-27-37(44-47(17,18)40(9,10)11)34(28-35(33)41-12)36(43-46(15,16)39(6,7)8)26-32(24-20-22-30)29-42-45(13,14)38(3,4)5/h20,22-23,26-28,36H,1,19,21,24-25,29H2,2-18H3/b22-20+,31-23-,32-26+/t36-/m0/s1. The monoisotopic (exact) mass is 698 g/mol. The Labute approximate surface area is 293 Å². The molecule has 0 heterocycles. The topological polar surface area (TPSA) is 36.9 Å².